The predicted molar refractivity (Wildman–Crippen MR) is 94.9 cm³/mol. The Morgan fingerprint density at radius 2 is 1.71 bits per heavy atom. The molecule has 0 spiro atoms. The van der Waals surface area contributed by atoms with Crippen molar-refractivity contribution in [1.29, 1.82) is 0 Å². The molecule has 3 aromatic rings. The topological polar surface area (TPSA) is 93.4 Å². The van der Waals surface area contributed by atoms with Gasteiger partial charge >= 0.3 is 0 Å². The first-order chi connectivity index (χ1) is 11.7. The Balaban J connectivity index is 1.74. The molecule has 0 bridgehead atoms. The normalized spacial score (nSPS) is 10.6. The van der Waals surface area contributed by atoms with Crippen molar-refractivity contribution in [2.45, 2.75) is 10.9 Å². The van der Waals surface area contributed by atoms with Crippen LogP contribution in [-0.4, -0.2) is 43.8 Å². The minimum Gasteiger partial charge on any atom is -0.357 e. The molecule has 0 atom stereocenters. The fourth-order valence-electron chi connectivity index (χ4n) is 1.83. The molecule has 0 radical (unpaired) electrons. The summed E-state index contributed by atoms with van der Waals surface area (Å²) in [4.78, 5) is 17.0. The average Bonchev–Trinajstić information content (AvgIpc) is 3.10. The molecule has 24 heavy (non-hydrogen) atoms. The van der Waals surface area contributed by atoms with Gasteiger partial charge in [0, 0.05) is 24.9 Å². The molecule has 0 aliphatic heterocycles. The molecule has 0 aliphatic rings. The van der Waals surface area contributed by atoms with E-state index in [1.807, 2.05) is 24.3 Å². The molecule has 1 aromatic carbocycles. The van der Waals surface area contributed by atoms with Gasteiger partial charge in [0.2, 0.25) is 17.1 Å². The highest BCUT2D eigenvalue weighted by molar-refractivity contribution is 7.98. The van der Waals surface area contributed by atoms with Crippen LogP contribution in [0.1, 0.15) is 5.56 Å². The van der Waals surface area contributed by atoms with Gasteiger partial charge in [-0.1, -0.05) is 35.5 Å². The summed E-state index contributed by atoms with van der Waals surface area (Å²) in [6, 6.07) is 7.70. The largest absolute Gasteiger partial charge is 0.357 e. The number of aromatic nitrogens is 6. The number of rotatable bonds is 6. The van der Waals surface area contributed by atoms with E-state index in [1.165, 1.54) is 16.4 Å². The predicted octanol–water partition coefficient (Wildman–Crippen LogP) is 2.48. The highest BCUT2D eigenvalue weighted by atomic mass is 35.5. The molecule has 0 unspecified atom stereocenters. The molecule has 0 saturated heterocycles. The van der Waals surface area contributed by atoms with Crippen LogP contribution in [0.3, 0.4) is 0 Å². The Labute approximate surface area is 148 Å². The molecule has 0 fully saturated rings. The zero-order valence-corrected chi connectivity index (χ0v) is 14.6. The molecule has 10 heteroatoms. The van der Waals surface area contributed by atoms with Gasteiger partial charge in [-0.05, 0) is 17.7 Å². The van der Waals surface area contributed by atoms with Crippen LogP contribution >= 0.6 is 23.4 Å². The third kappa shape index (κ3) is 3.92. The van der Waals surface area contributed by atoms with Crippen LogP contribution in [0.15, 0.2) is 35.7 Å². The van der Waals surface area contributed by atoms with Gasteiger partial charge in [0.25, 0.3) is 5.95 Å². The van der Waals surface area contributed by atoms with E-state index in [1.54, 1.807) is 20.4 Å². The van der Waals surface area contributed by atoms with Crippen molar-refractivity contribution < 1.29 is 0 Å². The average molecular weight is 363 g/mol. The van der Waals surface area contributed by atoms with E-state index in [4.69, 9.17) is 11.6 Å². The van der Waals surface area contributed by atoms with Crippen LogP contribution in [-0.2, 0) is 5.75 Å². The standard InChI is InChI=1S/C14H15ClN8S/c1-16-11-19-12(17-2)21-13(20-11)23-8-18-14(22-23)24-7-9-3-5-10(15)6-4-9/h3-6,8H,7H2,1-2H3,(H2,16,17,19,20,21). The second kappa shape index (κ2) is 7.45. The number of benzene rings is 1. The molecule has 3 rings (SSSR count). The lowest BCUT2D eigenvalue weighted by Gasteiger charge is -2.05. The number of hydrogen-bond donors (Lipinski definition) is 2. The maximum absolute atomic E-state index is 5.89. The number of halogens is 1. The molecular weight excluding hydrogens is 348 g/mol. The maximum atomic E-state index is 5.89. The Hall–Kier alpha value is -2.39. The summed E-state index contributed by atoms with van der Waals surface area (Å²) >= 11 is 7.41. The van der Waals surface area contributed by atoms with Crippen LogP contribution < -0.4 is 10.6 Å². The fourth-order valence-corrected chi connectivity index (χ4v) is 2.71. The number of thioether (sulfide) groups is 1. The number of nitrogens with one attached hydrogen (secondary N) is 2. The van der Waals surface area contributed by atoms with E-state index in [0.717, 1.165) is 16.3 Å². The van der Waals surface area contributed by atoms with Gasteiger partial charge in [-0.25, -0.2) is 4.98 Å². The lowest BCUT2D eigenvalue weighted by atomic mass is 10.2. The number of hydrogen-bond acceptors (Lipinski definition) is 8. The van der Waals surface area contributed by atoms with Gasteiger partial charge in [-0.3, -0.25) is 0 Å². The van der Waals surface area contributed by atoms with E-state index in [2.05, 4.69) is 35.7 Å². The van der Waals surface area contributed by atoms with E-state index < -0.39 is 0 Å². The van der Waals surface area contributed by atoms with Crippen molar-refractivity contribution in [3.8, 4) is 5.95 Å². The van der Waals surface area contributed by atoms with Crippen molar-refractivity contribution in [3.05, 3.63) is 41.2 Å². The summed E-state index contributed by atoms with van der Waals surface area (Å²) in [6.45, 7) is 0. The summed E-state index contributed by atoms with van der Waals surface area (Å²) in [5.41, 5.74) is 1.15. The Kier molecular flexibility index (Phi) is 5.11. The summed E-state index contributed by atoms with van der Waals surface area (Å²) in [5.74, 6) is 2.05. The lowest BCUT2D eigenvalue weighted by Crippen LogP contribution is -2.09. The van der Waals surface area contributed by atoms with Crippen LogP contribution in [0.5, 0.6) is 0 Å². The van der Waals surface area contributed by atoms with E-state index in [-0.39, 0.29) is 0 Å². The zero-order chi connectivity index (χ0) is 16.9. The Bertz CT molecular complexity index is 798. The quantitative estimate of drug-likeness (QED) is 0.646. The smallest absolute Gasteiger partial charge is 0.258 e. The summed E-state index contributed by atoms with van der Waals surface area (Å²) in [5, 5.41) is 11.5. The van der Waals surface area contributed by atoms with Crippen molar-refractivity contribution in [2.75, 3.05) is 24.7 Å². The molecular formula is C14H15ClN8S. The van der Waals surface area contributed by atoms with E-state index in [9.17, 15) is 0 Å². The van der Waals surface area contributed by atoms with Crippen LogP contribution in [0.25, 0.3) is 5.95 Å². The van der Waals surface area contributed by atoms with Gasteiger partial charge in [0.15, 0.2) is 0 Å². The second-order valence-electron chi connectivity index (χ2n) is 4.67. The third-order valence-corrected chi connectivity index (χ3v) is 4.20. The Morgan fingerprint density at radius 3 is 2.33 bits per heavy atom. The SMILES string of the molecule is CNc1nc(NC)nc(-n2cnc(SCc3ccc(Cl)cc3)n2)n1. The molecule has 0 saturated carbocycles. The highest BCUT2D eigenvalue weighted by Crippen LogP contribution is 2.20. The molecule has 0 amide bonds. The van der Waals surface area contributed by atoms with Gasteiger partial charge in [-0.15, -0.1) is 5.10 Å². The minimum atomic E-state index is 0.393. The summed E-state index contributed by atoms with van der Waals surface area (Å²) in [7, 11) is 3.49. The molecule has 0 aliphatic carbocycles. The van der Waals surface area contributed by atoms with Crippen molar-refractivity contribution >= 4 is 35.3 Å². The number of nitrogens with zero attached hydrogens (tertiary/aromatic N) is 6. The van der Waals surface area contributed by atoms with Crippen molar-refractivity contribution in [2.24, 2.45) is 0 Å². The molecule has 2 aromatic heterocycles. The molecule has 8 nitrogen and oxygen atoms in total. The van der Waals surface area contributed by atoms with Crippen molar-refractivity contribution in [1.82, 2.24) is 29.7 Å². The maximum Gasteiger partial charge on any atom is 0.258 e. The van der Waals surface area contributed by atoms with Crippen LogP contribution in [0.4, 0.5) is 11.9 Å². The first kappa shape index (κ1) is 16.5. The minimum absolute atomic E-state index is 0.393. The monoisotopic (exact) mass is 362 g/mol. The summed E-state index contributed by atoms with van der Waals surface area (Å²) < 4.78 is 1.52. The second-order valence-corrected chi connectivity index (χ2v) is 6.05. The van der Waals surface area contributed by atoms with Gasteiger partial charge in [0.1, 0.15) is 6.33 Å². The molecule has 124 valence electrons. The summed E-state index contributed by atoms with van der Waals surface area (Å²) in [6.07, 6.45) is 1.58. The van der Waals surface area contributed by atoms with Gasteiger partial charge in [-0.2, -0.15) is 19.6 Å². The van der Waals surface area contributed by atoms with Crippen LogP contribution in [0, 0.1) is 0 Å². The van der Waals surface area contributed by atoms with Gasteiger partial charge in [0.05, 0.1) is 0 Å². The van der Waals surface area contributed by atoms with Crippen LogP contribution in [0.2, 0.25) is 5.02 Å². The van der Waals surface area contributed by atoms with E-state index >= 15 is 0 Å². The first-order valence-corrected chi connectivity index (χ1v) is 8.45. The van der Waals surface area contributed by atoms with Crippen molar-refractivity contribution in [3.63, 3.8) is 0 Å². The molecule has 2 heterocycles. The number of anilines is 2. The van der Waals surface area contributed by atoms with Gasteiger partial charge < -0.3 is 10.6 Å². The fraction of sp³-hybridized carbons (Fsp3) is 0.214. The molecule has 2 N–H and O–H groups in total. The zero-order valence-electron chi connectivity index (χ0n) is 13.1. The first-order valence-electron chi connectivity index (χ1n) is 7.09. The third-order valence-electron chi connectivity index (χ3n) is 3.03. The Morgan fingerprint density at radius 1 is 1.04 bits per heavy atom. The van der Waals surface area contributed by atoms with E-state index in [0.29, 0.717) is 23.0 Å². The highest BCUT2D eigenvalue weighted by Gasteiger charge is 2.10. The lowest BCUT2D eigenvalue weighted by molar-refractivity contribution is 0.772.